The SMILES string of the molecule is CCc1ccc(C(C)NC(=O)NCC(C)C)cc1. The van der Waals surface area contributed by atoms with Gasteiger partial charge in [0.1, 0.15) is 0 Å². The largest absolute Gasteiger partial charge is 0.338 e. The molecule has 0 radical (unpaired) electrons. The molecule has 0 aliphatic heterocycles. The van der Waals surface area contributed by atoms with Crippen molar-refractivity contribution in [1.29, 1.82) is 0 Å². The Morgan fingerprint density at radius 2 is 1.78 bits per heavy atom. The number of aryl methyl sites for hydroxylation is 1. The highest BCUT2D eigenvalue weighted by Crippen LogP contribution is 2.13. The molecule has 1 atom stereocenters. The number of carbonyl (C=O) groups excluding carboxylic acids is 1. The van der Waals surface area contributed by atoms with Crippen molar-refractivity contribution in [3.05, 3.63) is 35.4 Å². The van der Waals surface area contributed by atoms with Crippen LogP contribution in [0.5, 0.6) is 0 Å². The van der Waals surface area contributed by atoms with Crippen LogP contribution in [0, 0.1) is 5.92 Å². The van der Waals surface area contributed by atoms with Gasteiger partial charge in [-0.05, 0) is 30.4 Å². The van der Waals surface area contributed by atoms with Gasteiger partial charge in [-0.3, -0.25) is 0 Å². The van der Waals surface area contributed by atoms with E-state index in [0.29, 0.717) is 12.5 Å². The Morgan fingerprint density at radius 1 is 1.17 bits per heavy atom. The maximum atomic E-state index is 11.6. The molecule has 0 heterocycles. The third-order valence-electron chi connectivity index (χ3n) is 2.91. The van der Waals surface area contributed by atoms with E-state index in [9.17, 15) is 4.79 Å². The van der Waals surface area contributed by atoms with Crippen LogP contribution >= 0.6 is 0 Å². The van der Waals surface area contributed by atoms with Crippen molar-refractivity contribution in [1.82, 2.24) is 10.6 Å². The molecule has 0 spiro atoms. The predicted octanol–water partition coefficient (Wildman–Crippen LogP) is 3.27. The monoisotopic (exact) mass is 248 g/mol. The Kier molecular flexibility index (Phi) is 5.69. The molecular weight excluding hydrogens is 224 g/mol. The molecule has 0 aliphatic rings. The average Bonchev–Trinajstić information content (AvgIpc) is 2.36. The summed E-state index contributed by atoms with van der Waals surface area (Å²) in [5.41, 5.74) is 2.45. The Morgan fingerprint density at radius 3 is 2.28 bits per heavy atom. The maximum absolute atomic E-state index is 11.6. The lowest BCUT2D eigenvalue weighted by Gasteiger charge is -2.16. The van der Waals surface area contributed by atoms with Crippen molar-refractivity contribution < 1.29 is 4.79 Å². The minimum Gasteiger partial charge on any atom is -0.338 e. The summed E-state index contributed by atoms with van der Waals surface area (Å²) >= 11 is 0. The predicted molar refractivity (Wildman–Crippen MR) is 75.6 cm³/mol. The molecule has 1 rings (SSSR count). The zero-order chi connectivity index (χ0) is 13.5. The van der Waals surface area contributed by atoms with Gasteiger partial charge in [0, 0.05) is 6.54 Å². The van der Waals surface area contributed by atoms with Gasteiger partial charge in [0.25, 0.3) is 0 Å². The third-order valence-corrected chi connectivity index (χ3v) is 2.91. The lowest BCUT2D eigenvalue weighted by Crippen LogP contribution is -2.38. The second-order valence-corrected chi connectivity index (χ2v) is 5.07. The molecule has 0 bridgehead atoms. The third kappa shape index (κ3) is 4.78. The molecule has 0 saturated heterocycles. The minimum atomic E-state index is -0.101. The number of nitrogens with one attached hydrogen (secondary N) is 2. The highest BCUT2D eigenvalue weighted by atomic mass is 16.2. The van der Waals surface area contributed by atoms with Crippen molar-refractivity contribution in [3.8, 4) is 0 Å². The number of urea groups is 1. The highest BCUT2D eigenvalue weighted by Gasteiger charge is 2.09. The van der Waals surface area contributed by atoms with Crippen LogP contribution in [0.25, 0.3) is 0 Å². The Labute approximate surface area is 110 Å². The first-order valence-corrected chi connectivity index (χ1v) is 6.66. The van der Waals surface area contributed by atoms with Crippen LogP contribution < -0.4 is 10.6 Å². The topological polar surface area (TPSA) is 41.1 Å². The van der Waals surface area contributed by atoms with Crippen LogP contribution in [0.4, 0.5) is 4.79 Å². The van der Waals surface area contributed by atoms with E-state index >= 15 is 0 Å². The summed E-state index contributed by atoms with van der Waals surface area (Å²) in [7, 11) is 0. The second-order valence-electron chi connectivity index (χ2n) is 5.07. The molecule has 0 aliphatic carbocycles. The van der Waals surface area contributed by atoms with Crippen LogP contribution in [0.15, 0.2) is 24.3 Å². The van der Waals surface area contributed by atoms with Crippen molar-refractivity contribution in [2.24, 2.45) is 5.92 Å². The number of rotatable bonds is 5. The lowest BCUT2D eigenvalue weighted by atomic mass is 10.1. The zero-order valence-electron chi connectivity index (χ0n) is 11.8. The van der Waals surface area contributed by atoms with Gasteiger partial charge in [0.05, 0.1) is 6.04 Å². The summed E-state index contributed by atoms with van der Waals surface area (Å²) in [6.07, 6.45) is 1.04. The summed E-state index contributed by atoms with van der Waals surface area (Å²) in [4.78, 5) is 11.6. The summed E-state index contributed by atoms with van der Waals surface area (Å²) in [6, 6.07) is 8.30. The van der Waals surface area contributed by atoms with Gasteiger partial charge in [-0.15, -0.1) is 0 Å². The highest BCUT2D eigenvalue weighted by molar-refractivity contribution is 5.74. The van der Waals surface area contributed by atoms with E-state index in [1.54, 1.807) is 0 Å². The maximum Gasteiger partial charge on any atom is 0.315 e. The summed E-state index contributed by atoms with van der Waals surface area (Å²) in [5, 5.41) is 5.79. The standard InChI is InChI=1S/C15H24N2O/c1-5-13-6-8-14(9-7-13)12(4)17-15(18)16-10-11(2)3/h6-9,11-12H,5,10H2,1-4H3,(H2,16,17,18). The van der Waals surface area contributed by atoms with Crippen molar-refractivity contribution >= 4 is 6.03 Å². The van der Waals surface area contributed by atoms with E-state index in [1.807, 2.05) is 6.92 Å². The average molecular weight is 248 g/mol. The summed E-state index contributed by atoms with van der Waals surface area (Å²) in [5.74, 6) is 0.467. The molecule has 3 heteroatoms. The van der Waals surface area contributed by atoms with Gasteiger partial charge in [-0.1, -0.05) is 45.0 Å². The molecule has 100 valence electrons. The molecule has 0 saturated carbocycles. The summed E-state index contributed by atoms with van der Waals surface area (Å²) in [6.45, 7) is 8.99. The zero-order valence-corrected chi connectivity index (χ0v) is 11.8. The van der Waals surface area contributed by atoms with Crippen LogP contribution in [-0.2, 0) is 6.42 Å². The number of hydrogen-bond donors (Lipinski definition) is 2. The van der Waals surface area contributed by atoms with Crippen LogP contribution in [0.3, 0.4) is 0 Å². The van der Waals surface area contributed by atoms with Gasteiger partial charge in [-0.25, -0.2) is 4.79 Å². The van der Waals surface area contributed by atoms with Gasteiger partial charge in [0.15, 0.2) is 0 Å². The van der Waals surface area contributed by atoms with Crippen LogP contribution in [0.2, 0.25) is 0 Å². The molecule has 0 aromatic heterocycles. The van der Waals surface area contributed by atoms with E-state index in [-0.39, 0.29) is 12.1 Å². The molecule has 1 aromatic rings. The Bertz CT molecular complexity index is 371. The van der Waals surface area contributed by atoms with Crippen molar-refractivity contribution in [3.63, 3.8) is 0 Å². The fourth-order valence-electron chi connectivity index (χ4n) is 1.67. The first kappa shape index (κ1) is 14.6. The summed E-state index contributed by atoms with van der Waals surface area (Å²) < 4.78 is 0. The molecular formula is C15H24N2O. The second kappa shape index (κ2) is 7.04. The van der Waals surface area contributed by atoms with Gasteiger partial charge in [0.2, 0.25) is 0 Å². The molecule has 18 heavy (non-hydrogen) atoms. The smallest absolute Gasteiger partial charge is 0.315 e. The number of benzene rings is 1. The molecule has 3 nitrogen and oxygen atoms in total. The number of carbonyl (C=O) groups is 1. The lowest BCUT2D eigenvalue weighted by molar-refractivity contribution is 0.236. The Balaban J connectivity index is 2.48. The van der Waals surface area contributed by atoms with Crippen molar-refractivity contribution in [2.75, 3.05) is 6.54 Å². The molecule has 0 fully saturated rings. The molecule has 1 aromatic carbocycles. The molecule has 2 amide bonds. The van der Waals surface area contributed by atoms with Gasteiger partial charge >= 0.3 is 6.03 Å². The minimum absolute atomic E-state index is 0.0306. The number of amides is 2. The van der Waals surface area contributed by atoms with E-state index in [0.717, 1.165) is 12.0 Å². The van der Waals surface area contributed by atoms with Crippen LogP contribution in [0.1, 0.15) is 44.9 Å². The van der Waals surface area contributed by atoms with E-state index in [1.165, 1.54) is 5.56 Å². The first-order chi connectivity index (χ1) is 8.52. The quantitative estimate of drug-likeness (QED) is 0.825. The fourth-order valence-corrected chi connectivity index (χ4v) is 1.67. The van der Waals surface area contributed by atoms with E-state index < -0.39 is 0 Å². The molecule has 2 N–H and O–H groups in total. The van der Waals surface area contributed by atoms with Crippen molar-refractivity contribution in [2.45, 2.75) is 40.2 Å². The molecule has 1 unspecified atom stereocenters. The van der Waals surface area contributed by atoms with Crippen LogP contribution in [-0.4, -0.2) is 12.6 Å². The van der Waals surface area contributed by atoms with E-state index in [4.69, 9.17) is 0 Å². The van der Waals surface area contributed by atoms with E-state index in [2.05, 4.69) is 55.7 Å². The normalized spacial score (nSPS) is 12.3. The Hall–Kier alpha value is -1.51. The van der Waals surface area contributed by atoms with Gasteiger partial charge in [-0.2, -0.15) is 0 Å². The first-order valence-electron chi connectivity index (χ1n) is 6.66. The fraction of sp³-hybridized carbons (Fsp3) is 0.533. The van der Waals surface area contributed by atoms with Gasteiger partial charge < -0.3 is 10.6 Å². The number of hydrogen-bond acceptors (Lipinski definition) is 1.